The Bertz CT molecular complexity index is 1010. The summed E-state index contributed by atoms with van der Waals surface area (Å²) in [6.45, 7) is 6.36. The van der Waals surface area contributed by atoms with Gasteiger partial charge in [0, 0.05) is 38.1 Å². The summed E-state index contributed by atoms with van der Waals surface area (Å²) >= 11 is 0. The molecular formula is C22H34N6O2S. The number of piperidine rings is 1. The molecule has 170 valence electrons. The van der Waals surface area contributed by atoms with Gasteiger partial charge < -0.3 is 26.6 Å². The molecule has 1 aromatic rings. The molecule has 0 spiro atoms. The standard InChI is InChI=1S/C22H34N6O2S/c1-5-15(2)20(28-12-6-7-16(23)13-28)19-21(24)25-14-26-22(19)27(3)17-8-10-18(11-9-17)31(4,29)30/h8-11,16,26H,5-7,12-14,23H2,1-4H3,(H2,24,25). The Morgan fingerprint density at radius 3 is 2.58 bits per heavy atom. The third-order valence-corrected chi connectivity index (χ3v) is 7.05. The van der Waals surface area contributed by atoms with Gasteiger partial charge in [0.25, 0.3) is 0 Å². The van der Waals surface area contributed by atoms with E-state index in [0.29, 0.717) is 17.4 Å². The van der Waals surface area contributed by atoms with Gasteiger partial charge in [0.2, 0.25) is 0 Å². The first kappa shape index (κ1) is 23.1. The summed E-state index contributed by atoms with van der Waals surface area (Å²) in [5, 5.41) is 3.38. The number of amidine groups is 1. The number of sulfone groups is 1. The van der Waals surface area contributed by atoms with E-state index in [9.17, 15) is 8.42 Å². The second-order valence-electron chi connectivity index (χ2n) is 8.26. The number of hydrogen-bond donors (Lipinski definition) is 3. The van der Waals surface area contributed by atoms with E-state index in [1.165, 1.54) is 11.8 Å². The Kier molecular flexibility index (Phi) is 6.96. The van der Waals surface area contributed by atoms with Crippen LogP contribution in [0.1, 0.15) is 33.1 Å². The molecular weight excluding hydrogens is 412 g/mol. The summed E-state index contributed by atoms with van der Waals surface area (Å²) < 4.78 is 23.6. The second kappa shape index (κ2) is 9.32. The molecule has 0 amide bonds. The van der Waals surface area contributed by atoms with Crippen LogP contribution in [0.5, 0.6) is 0 Å². The Morgan fingerprint density at radius 2 is 2.00 bits per heavy atom. The average molecular weight is 447 g/mol. The lowest BCUT2D eigenvalue weighted by molar-refractivity contribution is 0.262. The molecule has 1 fully saturated rings. The van der Waals surface area contributed by atoms with Gasteiger partial charge in [-0.1, -0.05) is 6.92 Å². The van der Waals surface area contributed by atoms with Crippen LogP contribution in [-0.2, 0) is 9.84 Å². The molecule has 0 bridgehead atoms. The zero-order valence-electron chi connectivity index (χ0n) is 18.9. The first-order valence-electron chi connectivity index (χ1n) is 10.7. The molecule has 2 heterocycles. The highest BCUT2D eigenvalue weighted by atomic mass is 32.2. The first-order chi connectivity index (χ1) is 14.6. The van der Waals surface area contributed by atoms with E-state index in [2.05, 4.69) is 29.1 Å². The van der Waals surface area contributed by atoms with E-state index >= 15 is 0 Å². The van der Waals surface area contributed by atoms with Crippen molar-refractivity contribution in [2.75, 3.05) is 38.0 Å². The molecule has 9 heteroatoms. The number of rotatable bonds is 6. The summed E-state index contributed by atoms with van der Waals surface area (Å²) in [4.78, 5) is 9.08. The average Bonchev–Trinajstić information content (AvgIpc) is 2.74. The molecule has 8 nitrogen and oxygen atoms in total. The molecule has 2 aliphatic rings. The van der Waals surface area contributed by atoms with Gasteiger partial charge in [0.15, 0.2) is 9.84 Å². The number of allylic oxidation sites excluding steroid dienone is 1. The molecule has 5 N–H and O–H groups in total. The number of nitrogens with two attached hydrogens (primary N) is 2. The van der Waals surface area contributed by atoms with Crippen LogP contribution in [-0.4, -0.2) is 58.3 Å². The number of benzene rings is 1. The molecule has 0 aliphatic carbocycles. The number of hydrogen-bond acceptors (Lipinski definition) is 8. The molecule has 2 aliphatic heterocycles. The van der Waals surface area contributed by atoms with E-state index in [1.807, 2.05) is 11.9 Å². The van der Waals surface area contributed by atoms with Crippen molar-refractivity contribution in [1.82, 2.24) is 10.2 Å². The molecule has 31 heavy (non-hydrogen) atoms. The van der Waals surface area contributed by atoms with Crippen molar-refractivity contribution >= 4 is 21.4 Å². The highest BCUT2D eigenvalue weighted by molar-refractivity contribution is 7.90. The highest BCUT2D eigenvalue weighted by Gasteiger charge is 2.29. The molecule has 3 rings (SSSR count). The smallest absolute Gasteiger partial charge is 0.175 e. The quantitative estimate of drug-likeness (QED) is 0.609. The lowest BCUT2D eigenvalue weighted by Crippen LogP contribution is -2.46. The van der Waals surface area contributed by atoms with E-state index in [4.69, 9.17) is 11.5 Å². The number of nitrogens with one attached hydrogen (secondary N) is 1. The maximum Gasteiger partial charge on any atom is 0.175 e. The third kappa shape index (κ3) is 5.04. The second-order valence-corrected chi connectivity index (χ2v) is 10.3. The number of anilines is 1. The third-order valence-electron chi connectivity index (χ3n) is 5.92. The molecule has 1 unspecified atom stereocenters. The van der Waals surface area contributed by atoms with E-state index in [1.54, 1.807) is 24.3 Å². The molecule has 0 saturated carbocycles. The predicted molar refractivity (Wildman–Crippen MR) is 126 cm³/mol. The SMILES string of the molecule is CCC(C)=C(C1=C(N(C)c2ccc(S(C)(=O)=O)cc2)NCN=C1N)N1CCCC(N)C1. The fourth-order valence-corrected chi connectivity index (χ4v) is 4.71. The van der Waals surface area contributed by atoms with E-state index < -0.39 is 9.84 Å². The number of likely N-dealkylation sites (tertiary alicyclic amines) is 1. The Balaban J connectivity index is 2.09. The van der Waals surface area contributed by atoms with Gasteiger partial charge in [-0.25, -0.2) is 13.4 Å². The van der Waals surface area contributed by atoms with Gasteiger partial charge in [-0.05, 0) is 56.0 Å². The van der Waals surface area contributed by atoms with Crippen molar-refractivity contribution in [2.45, 2.75) is 44.0 Å². The molecule has 1 aromatic carbocycles. The van der Waals surface area contributed by atoms with Crippen LogP contribution in [0.3, 0.4) is 0 Å². The van der Waals surface area contributed by atoms with Crippen molar-refractivity contribution in [1.29, 1.82) is 0 Å². The van der Waals surface area contributed by atoms with Crippen LogP contribution >= 0.6 is 0 Å². The fraction of sp³-hybridized carbons (Fsp3) is 0.500. The zero-order valence-corrected chi connectivity index (χ0v) is 19.7. The minimum absolute atomic E-state index is 0.133. The summed E-state index contributed by atoms with van der Waals surface area (Å²) in [7, 11) is -1.31. The van der Waals surface area contributed by atoms with E-state index in [-0.39, 0.29) is 6.04 Å². The maximum absolute atomic E-state index is 11.8. The lowest BCUT2D eigenvalue weighted by atomic mass is 9.98. The molecule has 1 saturated heterocycles. The predicted octanol–water partition coefficient (Wildman–Crippen LogP) is 1.76. The summed E-state index contributed by atoms with van der Waals surface area (Å²) in [5.41, 5.74) is 16.8. The maximum atomic E-state index is 11.8. The fourth-order valence-electron chi connectivity index (χ4n) is 4.08. The van der Waals surface area contributed by atoms with Crippen LogP contribution in [0.4, 0.5) is 5.69 Å². The van der Waals surface area contributed by atoms with Crippen LogP contribution in [0, 0.1) is 0 Å². The Hall–Kier alpha value is -2.52. The van der Waals surface area contributed by atoms with Crippen molar-refractivity contribution in [2.24, 2.45) is 16.5 Å². The monoisotopic (exact) mass is 446 g/mol. The number of nitrogens with zero attached hydrogens (tertiary/aromatic N) is 3. The van der Waals surface area contributed by atoms with Gasteiger partial charge in [-0.3, -0.25) is 0 Å². The van der Waals surface area contributed by atoms with Crippen molar-refractivity contribution in [3.05, 3.63) is 46.9 Å². The van der Waals surface area contributed by atoms with Crippen molar-refractivity contribution < 1.29 is 8.42 Å². The first-order valence-corrected chi connectivity index (χ1v) is 12.6. The molecule has 0 radical (unpaired) electrons. The van der Waals surface area contributed by atoms with Gasteiger partial charge in [0.05, 0.1) is 16.2 Å². The van der Waals surface area contributed by atoms with Gasteiger partial charge in [-0.2, -0.15) is 0 Å². The van der Waals surface area contributed by atoms with E-state index in [0.717, 1.165) is 55.1 Å². The lowest BCUT2D eigenvalue weighted by Gasteiger charge is -2.39. The van der Waals surface area contributed by atoms with Crippen LogP contribution in [0.2, 0.25) is 0 Å². The minimum atomic E-state index is -3.25. The normalized spacial score (nSPS) is 20.7. The van der Waals surface area contributed by atoms with Gasteiger partial charge >= 0.3 is 0 Å². The molecule has 1 atom stereocenters. The van der Waals surface area contributed by atoms with Crippen molar-refractivity contribution in [3.63, 3.8) is 0 Å². The van der Waals surface area contributed by atoms with Crippen molar-refractivity contribution in [3.8, 4) is 0 Å². The zero-order chi connectivity index (χ0) is 22.8. The Morgan fingerprint density at radius 1 is 1.32 bits per heavy atom. The topological polar surface area (TPSA) is 117 Å². The summed E-state index contributed by atoms with van der Waals surface area (Å²) in [6.07, 6.45) is 4.16. The van der Waals surface area contributed by atoms with Crippen LogP contribution in [0.15, 0.2) is 56.8 Å². The summed E-state index contributed by atoms with van der Waals surface area (Å²) in [6, 6.07) is 6.99. The van der Waals surface area contributed by atoms with Crippen LogP contribution < -0.4 is 21.7 Å². The number of aliphatic imine (C=N–C) groups is 1. The molecule has 0 aromatic heterocycles. The minimum Gasteiger partial charge on any atom is -0.383 e. The Labute approximate surface area is 185 Å². The largest absolute Gasteiger partial charge is 0.383 e. The van der Waals surface area contributed by atoms with Crippen LogP contribution in [0.25, 0.3) is 0 Å². The highest BCUT2D eigenvalue weighted by Crippen LogP contribution is 2.30. The summed E-state index contributed by atoms with van der Waals surface area (Å²) in [5.74, 6) is 1.34. The van der Waals surface area contributed by atoms with Gasteiger partial charge in [0.1, 0.15) is 18.3 Å². The van der Waals surface area contributed by atoms with Gasteiger partial charge in [-0.15, -0.1) is 0 Å².